The van der Waals surface area contributed by atoms with Crippen molar-refractivity contribution in [2.24, 2.45) is 5.73 Å². The molecule has 0 spiro atoms. The Kier molecular flexibility index (Phi) is 3.68. The van der Waals surface area contributed by atoms with Gasteiger partial charge in [-0.3, -0.25) is 0 Å². The summed E-state index contributed by atoms with van der Waals surface area (Å²) in [6, 6.07) is 11.2. The molecular weight excluding hydrogens is 240 g/mol. The van der Waals surface area contributed by atoms with E-state index < -0.39 is 0 Å². The molecule has 2 aromatic heterocycles. The molecule has 3 rings (SSSR count). The average molecular weight is 259 g/mol. The highest BCUT2D eigenvalue weighted by Crippen LogP contribution is 2.28. The number of benzene rings is 1. The van der Waals surface area contributed by atoms with E-state index >= 15 is 0 Å². The van der Waals surface area contributed by atoms with Crippen LogP contribution in [0.4, 0.5) is 5.69 Å². The maximum atomic E-state index is 9.66. The van der Waals surface area contributed by atoms with Crippen molar-refractivity contribution in [2.75, 3.05) is 12.8 Å². The maximum Gasteiger partial charge on any atom is 0.134 e. The van der Waals surface area contributed by atoms with Crippen LogP contribution in [-0.2, 0) is 0 Å². The van der Waals surface area contributed by atoms with E-state index in [4.69, 9.17) is 5.73 Å². The van der Waals surface area contributed by atoms with Gasteiger partial charge in [0.05, 0.1) is 17.9 Å². The number of aromatic hydroxyl groups is 1. The minimum atomic E-state index is 0. The Hall–Kier alpha value is -2.53. The Balaban J connectivity index is 0.000000639. The van der Waals surface area contributed by atoms with Crippen molar-refractivity contribution in [2.45, 2.75) is 0 Å². The first kappa shape index (κ1) is 12.9. The van der Waals surface area contributed by atoms with Gasteiger partial charge in [0.15, 0.2) is 0 Å². The summed E-state index contributed by atoms with van der Waals surface area (Å²) in [6.45, 7) is 0. The highest BCUT2D eigenvalue weighted by Gasteiger charge is 2.06. The number of fused-ring (bicyclic) bond motifs is 1. The number of aromatic nitrogens is 2. The Bertz CT molecular complexity index is 679. The molecule has 19 heavy (non-hydrogen) atoms. The van der Waals surface area contributed by atoms with Crippen LogP contribution >= 0.6 is 0 Å². The molecule has 5 heteroatoms. The summed E-state index contributed by atoms with van der Waals surface area (Å²) in [5, 5.41) is 13.8. The van der Waals surface area contributed by atoms with Crippen molar-refractivity contribution in [3.63, 3.8) is 0 Å². The van der Waals surface area contributed by atoms with E-state index in [0.717, 1.165) is 22.3 Å². The molecule has 3 aromatic rings. The van der Waals surface area contributed by atoms with Crippen LogP contribution in [0.3, 0.4) is 0 Å². The van der Waals surface area contributed by atoms with Gasteiger partial charge in [0.2, 0.25) is 0 Å². The van der Waals surface area contributed by atoms with Crippen molar-refractivity contribution in [1.82, 2.24) is 9.61 Å². The molecule has 5 nitrogen and oxygen atoms in total. The molecule has 0 aliphatic heterocycles. The van der Waals surface area contributed by atoms with Crippen LogP contribution in [0.15, 0.2) is 48.8 Å². The first-order chi connectivity index (χ1) is 9.24. The number of rotatable bonds is 1. The van der Waals surface area contributed by atoms with Gasteiger partial charge in [0, 0.05) is 12.7 Å². The summed E-state index contributed by atoms with van der Waals surface area (Å²) in [5.41, 5.74) is 13.8. The highest BCUT2D eigenvalue weighted by molar-refractivity contribution is 5.81. The zero-order valence-electron chi connectivity index (χ0n) is 10.6. The molecule has 0 saturated heterocycles. The number of nitrogen functional groups attached to an aromatic ring is 1. The van der Waals surface area contributed by atoms with Crippen molar-refractivity contribution in [3.8, 4) is 16.9 Å². The number of nitrogens with two attached hydrogens (primary N) is 2. The van der Waals surface area contributed by atoms with E-state index in [1.54, 1.807) is 23.0 Å². The first-order valence-corrected chi connectivity index (χ1v) is 5.84. The molecule has 0 saturated carbocycles. The summed E-state index contributed by atoms with van der Waals surface area (Å²) in [5.74, 6) is 0.188. The molecule has 100 valence electrons. The Morgan fingerprint density at radius 3 is 2.53 bits per heavy atom. The first-order valence-electron chi connectivity index (χ1n) is 5.84. The van der Waals surface area contributed by atoms with Crippen molar-refractivity contribution < 1.29 is 6.53 Å². The number of anilines is 1. The smallest absolute Gasteiger partial charge is 0.134 e. The molecular formula is C14H18N4O. The zero-order valence-corrected chi connectivity index (χ0v) is 10.6. The molecule has 0 aliphatic rings. The minimum Gasteiger partial charge on any atom is -0.506 e. The van der Waals surface area contributed by atoms with E-state index in [1.807, 2.05) is 30.3 Å². The maximum absolute atomic E-state index is 9.66. The number of hydrogen-bond donors (Lipinski definition) is 3. The van der Waals surface area contributed by atoms with Crippen LogP contribution in [0.25, 0.3) is 16.6 Å². The fourth-order valence-electron chi connectivity index (χ4n) is 1.91. The Labute approximate surface area is 112 Å². The van der Waals surface area contributed by atoms with Gasteiger partial charge in [-0.2, -0.15) is 5.10 Å². The molecule has 0 radical (unpaired) electrons. The molecule has 0 fully saturated rings. The minimum absolute atomic E-state index is 0. The van der Waals surface area contributed by atoms with E-state index in [9.17, 15) is 5.11 Å². The third-order valence-corrected chi connectivity index (χ3v) is 2.71. The van der Waals surface area contributed by atoms with E-state index in [0.29, 0.717) is 0 Å². The van der Waals surface area contributed by atoms with Crippen molar-refractivity contribution >= 4 is 11.2 Å². The number of hydrogen-bond acceptors (Lipinski definition) is 4. The van der Waals surface area contributed by atoms with E-state index in [-0.39, 0.29) is 7.18 Å². The lowest BCUT2D eigenvalue weighted by Gasteiger charge is -2.06. The van der Waals surface area contributed by atoms with Crippen molar-refractivity contribution in [1.29, 1.82) is 0 Å². The summed E-state index contributed by atoms with van der Waals surface area (Å²) >= 11 is 0. The second-order valence-electron chi connectivity index (χ2n) is 3.90. The average Bonchev–Trinajstić information content (AvgIpc) is 2.89. The fraction of sp³-hybridized carbons (Fsp3) is 0.0714. The predicted molar refractivity (Wildman–Crippen MR) is 78.9 cm³/mol. The van der Waals surface area contributed by atoms with Gasteiger partial charge in [-0.1, -0.05) is 12.1 Å². The molecule has 1 aromatic carbocycles. The van der Waals surface area contributed by atoms with Gasteiger partial charge in [-0.15, -0.1) is 0 Å². The lowest BCUT2D eigenvalue weighted by Crippen LogP contribution is -1.90. The highest BCUT2D eigenvalue weighted by atomic mass is 16.3. The lowest BCUT2D eigenvalue weighted by atomic mass is 10.1. The summed E-state index contributed by atoms with van der Waals surface area (Å²) < 4.78 is 1.65. The van der Waals surface area contributed by atoms with Gasteiger partial charge in [0.25, 0.3) is 0 Å². The summed E-state index contributed by atoms with van der Waals surface area (Å²) in [4.78, 5) is 0. The zero-order chi connectivity index (χ0) is 13.8. The Morgan fingerprint density at radius 2 is 1.84 bits per heavy atom. The normalized spacial score (nSPS) is 10.0. The molecule has 0 aliphatic carbocycles. The third-order valence-electron chi connectivity index (χ3n) is 2.71. The second kappa shape index (κ2) is 5.41. The molecule has 0 unspecified atom stereocenters. The number of pyridine rings is 1. The van der Waals surface area contributed by atoms with Gasteiger partial charge < -0.3 is 16.6 Å². The summed E-state index contributed by atoms with van der Waals surface area (Å²) in [7, 11) is 1.50. The third kappa shape index (κ3) is 2.51. The van der Waals surface area contributed by atoms with Crippen LogP contribution in [0, 0.1) is 0 Å². The van der Waals surface area contributed by atoms with Gasteiger partial charge in [-0.25, -0.2) is 4.52 Å². The molecule has 0 atom stereocenters. The van der Waals surface area contributed by atoms with Gasteiger partial charge >= 0.3 is 0 Å². The van der Waals surface area contributed by atoms with Gasteiger partial charge in [-0.05, 0) is 36.9 Å². The van der Waals surface area contributed by atoms with Crippen LogP contribution in [0.1, 0.15) is 1.43 Å². The van der Waals surface area contributed by atoms with E-state index in [2.05, 4.69) is 10.8 Å². The molecule has 2 heterocycles. The molecule has 0 amide bonds. The second-order valence-corrected chi connectivity index (χ2v) is 3.90. The largest absolute Gasteiger partial charge is 0.506 e. The van der Waals surface area contributed by atoms with Crippen LogP contribution < -0.4 is 11.5 Å². The van der Waals surface area contributed by atoms with Gasteiger partial charge in [0.1, 0.15) is 5.75 Å². The molecule has 5 N–H and O–H groups in total. The van der Waals surface area contributed by atoms with Crippen LogP contribution in [0.5, 0.6) is 5.75 Å². The SMILES string of the molecule is CN.Nc1ccc(-c2cc(O)cn3nccc23)cc1.[2HH]. The quantitative estimate of drug-likeness (QED) is 0.584. The predicted octanol–water partition coefficient (Wildman–Crippen LogP) is 2.11. The monoisotopic (exact) mass is 259 g/mol. The van der Waals surface area contributed by atoms with Crippen molar-refractivity contribution in [3.05, 3.63) is 48.8 Å². The lowest BCUT2D eigenvalue weighted by molar-refractivity contribution is 0.471. The number of nitrogens with zero attached hydrogens (tertiary/aromatic N) is 2. The van der Waals surface area contributed by atoms with Crippen LogP contribution in [-0.4, -0.2) is 21.8 Å². The van der Waals surface area contributed by atoms with Crippen LogP contribution in [0.2, 0.25) is 0 Å². The standard InChI is InChI=1S/C13H11N3O.CH5N.H2/c14-10-3-1-9(2-4-10)12-7-11(17)8-16-13(12)5-6-15-16;1-2;/h1-8,17H,14H2;2H2,1H3;1H/i;;1+1. The summed E-state index contributed by atoms with van der Waals surface area (Å²) in [6.07, 6.45) is 3.28. The fourth-order valence-corrected chi connectivity index (χ4v) is 1.91. The molecule has 0 bridgehead atoms. The Morgan fingerprint density at radius 1 is 1.16 bits per heavy atom. The van der Waals surface area contributed by atoms with E-state index in [1.165, 1.54) is 7.05 Å². The topological polar surface area (TPSA) is 89.6 Å².